The number of methoxy groups -OCH3 is 1. The van der Waals surface area contributed by atoms with E-state index < -0.39 is 0 Å². The Labute approximate surface area is 174 Å². The molecule has 7 heteroatoms. The number of ether oxygens (including phenoxy) is 1. The summed E-state index contributed by atoms with van der Waals surface area (Å²) in [7, 11) is 5.66. The van der Waals surface area contributed by atoms with Gasteiger partial charge in [-0.2, -0.15) is 0 Å². The molecule has 0 spiro atoms. The van der Waals surface area contributed by atoms with Gasteiger partial charge in [-0.15, -0.1) is 11.8 Å². The molecule has 0 N–H and O–H groups in total. The van der Waals surface area contributed by atoms with Gasteiger partial charge in [0.1, 0.15) is 5.75 Å². The smallest absolute Gasteiger partial charge is 0.239 e. The third-order valence-electron chi connectivity index (χ3n) is 4.27. The maximum absolute atomic E-state index is 13.0. The van der Waals surface area contributed by atoms with E-state index in [1.807, 2.05) is 32.3 Å². The highest BCUT2D eigenvalue weighted by molar-refractivity contribution is 8.00. The van der Waals surface area contributed by atoms with Gasteiger partial charge >= 0.3 is 0 Å². The first kappa shape index (κ1) is 20.6. The van der Waals surface area contributed by atoms with Crippen LogP contribution in [-0.2, 0) is 4.79 Å². The normalized spacial score (nSPS) is 11.2. The van der Waals surface area contributed by atoms with E-state index in [-0.39, 0.29) is 5.91 Å². The predicted molar refractivity (Wildman–Crippen MR) is 119 cm³/mol. The maximum Gasteiger partial charge on any atom is 0.239 e. The number of anilines is 1. The summed E-state index contributed by atoms with van der Waals surface area (Å²) in [6, 6.07) is 14.0. The minimum Gasteiger partial charge on any atom is -0.497 e. The molecule has 0 unspecified atom stereocenters. The summed E-state index contributed by atoms with van der Waals surface area (Å²) in [6.07, 6.45) is 0. The SMILES string of the molecule is COc1ccc2nc(N(CCN(C)C)C(=O)CSc3ccc(C)cc3)sc2c1. The molecule has 0 fully saturated rings. The molecule has 0 aliphatic rings. The molecule has 0 radical (unpaired) electrons. The van der Waals surface area contributed by atoms with Gasteiger partial charge in [-0.05, 0) is 51.4 Å². The van der Waals surface area contributed by atoms with Gasteiger partial charge in [0.05, 0.1) is 23.1 Å². The van der Waals surface area contributed by atoms with Gasteiger partial charge in [-0.25, -0.2) is 4.98 Å². The lowest BCUT2D eigenvalue weighted by Gasteiger charge is -2.21. The van der Waals surface area contributed by atoms with Gasteiger partial charge < -0.3 is 9.64 Å². The third kappa shape index (κ3) is 5.25. The molecule has 0 saturated heterocycles. The second-order valence-corrected chi connectivity index (χ2v) is 8.84. The van der Waals surface area contributed by atoms with E-state index in [2.05, 4.69) is 36.1 Å². The largest absolute Gasteiger partial charge is 0.497 e. The Morgan fingerprint density at radius 2 is 1.89 bits per heavy atom. The Kier molecular flexibility index (Phi) is 6.93. The van der Waals surface area contributed by atoms with Gasteiger partial charge in [0.2, 0.25) is 5.91 Å². The number of aryl methyl sites for hydroxylation is 1. The first-order valence-electron chi connectivity index (χ1n) is 9.05. The number of hydrogen-bond donors (Lipinski definition) is 0. The fraction of sp³-hybridized carbons (Fsp3) is 0.333. The average molecular weight is 416 g/mol. The molecule has 0 aliphatic heterocycles. The molecule has 5 nitrogen and oxygen atoms in total. The summed E-state index contributed by atoms with van der Waals surface area (Å²) in [6.45, 7) is 3.45. The zero-order chi connectivity index (χ0) is 20.1. The lowest BCUT2D eigenvalue weighted by atomic mass is 10.2. The second-order valence-electron chi connectivity index (χ2n) is 6.78. The number of aromatic nitrogens is 1. The van der Waals surface area contributed by atoms with Crippen LogP contribution in [-0.4, -0.2) is 55.8 Å². The number of carbonyl (C=O) groups excluding carboxylic acids is 1. The Balaban J connectivity index is 1.79. The van der Waals surface area contributed by atoms with Crippen LogP contribution in [0.5, 0.6) is 5.75 Å². The van der Waals surface area contributed by atoms with Crippen LogP contribution in [0.15, 0.2) is 47.4 Å². The van der Waals surface area contributed by atoms with Crippen LogP contribution >= 0.6 is 23.1 Å². The molecule has 3 aromatic rings. The van der Waals surface area contributed by atoms with Crippen molar-refractivity contribution in [1.82, 2.24) is 9.88 Å². The van der Waals surface area contributed by atoms with Crippen LogP contribution in [0.25, 0.3) is 10.2 Å². The average Bonchev–Trinajstić information content (AvgIpc) is 3.10. The van der Waals surface area contributed by atoms with E-state index in [1.165, 1.54) is 16.9 Å². The molecule has 28 heavy (non-hydrogen) atoms. The number of thioether (sulfide) groups is 1. The van der Waals surface area contributed by atoms with Crippen LogP contribution in [0.3, 0.4) is 0 Å². The molecule has 1 aromatic heterocycles. The highest BCUT2D eigenvalue weighted by atomic mass is 32.2. The van der Waals surface area contributed by atoms with Gasteiger partial charge in [0.25, 0.3) is 0 Å². The predicted octanol–water partition coefficient (Wildman–Crippen LogP) is 4.30. The van der Waals surface area contributed by atoms with Crippen molar-refractivity contribution in [1.29, 1.82) is 0 Å². The van der Waals surface area contributed by atoms with Gasteiger partial charge in [-0.3, -0.25) is 9.69 Å². The summed E-state index contributed by atoms with van der Waals surface area (Å²) in [4.78, 5) is 22.7. The molecule has 1 heterocycles. The highest BCUT2D eigenvalue weighted by Crippen LogP contribution is 2.32. The van der Waals surface area contributed by atoms with Crippen molar-refractivity contribution in [2.75, 3.05) is 44.9 Å². The molecule has 2 aromatic carbocycles. The zero-order valence-electron chi connectivity index (χ0n) is 16.6. The van der Waals surface area contributed by atoms with E-state index in [4.69, 9.17) is 9.72 Å². The summed E-state index contributed by atoms with van der Waals surface area (Å²) in [5, 5.41) is 0.736. The molecular weight excluding hydrogens is 390 g/mol. The molecule has 3 rings (SSSR count). The van der Waals surface area contributed by atoms with E-state index in [9.17, 15) is 4.79 Å². The van der Waals surface area contributed by atoms with Crippen molar-refractivity contribution in [3.05, 3.63) is 48.0 Å². The van der Waals surface area contributed by atoms with Crippen molar-refractivity contribution in [3.63, 3.8) is 0 Å². The number of rotatable bonds is 8. The summed E-state index contributed by atoms with van der Waals surface area (Å²) in [5.41, 5.74) is 2.10. The van der Waals surface area contributed by atoms with Crippen LogP contribution in [0.1, 0.15) is 5.56 Å². The van der Waals surface area contributed by atoms with Crippen LogP contribution < -0.4 is 9.64 Å². The second kappa shape index (κ2) is 9.41. The monoisotopic (exact) mass is 415 g/mol. The van der Waals surface area contributed by atoms with Crippen molar-refractivity contribution >= 4 is 44.4 Å². The van der Waals surface area contributed by atoms with Gasteiger partial charge in [0, 0.05) is 18.0 Å². The minimum absolute atomic E-state index is 0.0680. The summed E-state index contributed by atoms with van der Waals surface area (Å²) < 4.78 is 6.32. The maximum atomic E-state index is 13.0. The number of hydrogen-bond acceptors (Lipinski definition) is 6. The van der Waals surface area contributed by atoms with E-state index in [0.29, 0.717) is 12.3 Å². The van der Waals surface area contributed by atoms with Crippen molar-refractivity contribution in [3.8, 4) is 5.75 Å². The topological polar surface area (TPSA) is 45.7 Å². The number of nitrogens with zero attached hydrogens (tertiary/aromatic N) is 3. The fourth-order valence-electron chi connectivity index (χ4n) is 2.62. The van der Waals surface area contributed by atoms with E-state index in [1.54, 1.807) is 23.8 Å². The first-order valence-corrected chi connectivity index (χ1v) is 10.9. The molecule has 1 amide bonds. The Hall–Kier alpha value is -2.09. The molecule has 0 atom stereocenters. The Morgan fingerprint density at radius 3 is 2.57 bits per heavy atom. The quantitative estimate of drug-likeness (QED) is 0.513. The number of fused-ring (bicyclic) bond motifs is 1. The summed E-state index contributed by atoms with van der Waals surface area (Å²) >= 11 is 3.08. The number of likely N-dealkylation sites (N-methyl/N-ethyl adjacent to an activating group) is 1. The Bertz CT molecular complexity index is 938. The minimum atomic E-state index is 0.0680. The first-order chi connectivity index (χ1) is 13.5. The number of amides is 1. The lowest BCUT2D eigenvalue weighted by molar-refractivity contribution is -0.116. The number of thiazole rings is 1. The van der Waals surface area contributed by atoms with Crippen LogP contribution in [0.2, 0.25) is 0 Å². The Morgan fingerprint density at radius 1 is 1.14 bits per heavy atom. The number of carbonyl (C=O) groups is 1. The van der Waals surface area contributed by atoms with Crippen molar-refractivity contribution in [2.45, 2.75) is 11.8 Å². The van der Waals surface area contributed by atoms with Crippen molar-refractivity contribution in [2.24, 2.45) is 0 Å². The van der Waals surface area contributed by atoms with Crippen LogP contribution in [0, 0.1) is 6.92 Å². The van der Waals surface area contributed by atoms with Crippen molar-refractivity contribution < 1.29 is 9.53 Å². The fourth-order valence-corrected chi connectivity index (χ4v) is 4.43. The van der Waals surface area contributed by atoms with Gasteiger partial charge in [0.15, 0.2) is 5.13 Å². The molecule has 148 valence electrons. The van der Waals surface area contributed by atoms with E-state index >= 15 is 0 Å². The standard InChI is InChI=1S/C21H25N3O2S2/c1-15-5-8-17(9-6-15)27-14-20(25)24(12-11-23(2)3)21-22-18-10-7-16(26-4)13-19(18)28-21/h5-10,13H,11-12,14H2,1-4H3. The molecule has 0 aliphatic carbocycles. The zero-order valence-corrected chi connectivity index (χ0v) is 18.3. The third-order valence-corrected chi connectivity index (χ3v) is 6.31. The van der Waals surface area contributed by atoms with Crippen LogP contribution in [0.4, 0.5) is 5.13 Å². The lowest BCUT2D eigenvalue weighted by Crippen LogP contribution is -2.37. The molecular formula is C21H25N3O2S2. The summed E-state index contributed by atoms with van der Waals surface area (Å²) in [5.74, 6) is 1.25. The molecule has 0 bridgehead atoms. The highest BCUT2D eigenvalue weighted by Gasteiger charge is 2.20. The van der Waals surface area contributed by atoms with Gasteiger partial charge in [-0.1, -0.05) is 29.0 Å². The van der Waals surface area contributed by atoms with E-state index in [0.717, 1.165) is 32.5 Å². The number of benzene rings is 2. The molecule has 0 saturated carbocycles.